The molecule has 21 heavy (non-hydrogen) atoms. The Hall–Kier alpha value is -2.29. The lowest BCUT2D eigenvalue weighted by molar-refractivity contribution is 0.412. The predicted octanol–water partition coefficient (Wildman–Crippen LogP) is 4.47. The predicted molar refractivity (Wildman–Crippen MR) is 86.6 cm³/mol. The normalized spacial score (nSPS) is 12.0. The van der Waals surface area contributed by atoms with E-state index in [0.717, 1.165) is 28.0 Å². The van der Waals surface area contributed by atoms with Gasteiger partial charge in [-0.3, -0.25) is 0 Å². The van der Waals surface area contributed by atoms with Gasteiger partial charge in [0.1, 0.15) is 11.6 Å². The van der Waals surface area contributed by atoms with Crippen LogP contribution in [0.3, 0.4) is 0 Å². The van der Waals surface area contributed by atoms with E-state index >= 15 is 0 Å². The van der Waals surface area contributed by atoms with Crippen molar-refractivity contribution in [3.05, 3.63) is 48.0 Å². The molecular formula is C18H20N2O. The second-order valence-corrected chi connectivity index (χ2v) is 6.38. The standard InChI is InChI=1S/C18H20N2O/c1-12-13(8-7-11-16(12)21)17-19-14-9-5-6-10-15(14)20(17)18(2,3)4/h5-11,21H,1-4H3. The van der Waals surface area contributed by atoms with E-state index in [1.54, 1.807) is 6.07 Å². The SMILES string of the molecule is Cc1c(O)cccc1-c1nc2ccccc2n1C(C)(C)C. The van der Waals surface area contributed by atoms with Crippen LogP contribution >= 0.6 is 0 Å². The molecule has 3 heteroatoms. The molecule has 1 aromatic heterocycles. The van der Waals surface area contributed by atoms with E-state index in [4.69, 9.17) is 4.98 Å². The fourth-order valence-corrected chi connectivity index (χ4v) is 2.75. The van der Waals surface area contributed by atoms with Crippen molar-refractivity contribution in [2.75, 3.05) is 0 Å². The third-order valence-corrected chi connectivity index (χ3v) is 3.78. The highest BCUT2D eigenvalue weighted by Gasteiger charge is 2.23. The van der Waals surface area contributed by atoms with Crippen LogP contribution in [0.15, 0.2) is 42.5 Å². The Morgan fingerprint density at radius 1 is 1.00 bits per heavy atom. The Kier molecular flexibility index (Phi) is 3.01. The number of aromatic hydroxyl groups is 1. The van der Waals surface area contributed by atoms with Gasteiger partial charge in [-0.05, 0) is 45.9 Å². The highest BCUT2D eigenvalue weighted by molar-refractivity contribution is 5.82. The monoisotopic (exact) mass is 280 g/mol. The molecule has 0 amide bonds. The minimum atomic E-state index is -0.0939. The van der Waals surface area contributed by atoms with Gasteiger partial charge in [0.25, 0.3) is 0 Å². The number of phenols is 1. The summed E-state index contributed by atoms with van der Waals surface area (Å²) in [5.41, 5.74) is 3.83. The number of phenolic OH excluding ortho intramolecular Hbond substituents is 1. The van der Waals surface area contributed by atoms with E-state index in [1.807, 2.05) is 37.3 Å². The number of hydrogen-bond acceptors (Lipinski definition) is 2. The number of benzene rings is 2. The minimum absolute atomic E-state index is 0.0939. The van der Waals surface area contributed by atoms with Crippen molar-refractivity contribution in [3.8, 4) is 17.1 Å². The highest BCUT2D eigenvalue weighted by atomic mass is 16.3. The topological polar surface area (TPSA) is 38.1 Å². The maximum Gasteiger partial charge on any atom is 0.142 e. The van der Waals surface area contributed by atoms with Crippen LogP contribution in [0.2, 0.25) is 0 Å². The molecule has 2 aromatic carbocycles. The zero-order valence-corrected chi connectivity index (χ0v) is 12.9. The van der Waals surface area contributed by atoms with Crippen molar-refractivity contribution in [2.45, 2.75) is 33.2 Å². The van der Waals surface area contributed by atoms with Crippen LogP contribution < -0.4 is 0 Å². The van der Waals surface area contributed by atoms with Gasteiger partial charge in [-0.2, -0.15) is 0 Å². The Labute approximate surface area is 124 Å². The molecule has 0 atom stereocenters. The van der Waals surface area contributed by atoms with Crippen molar-refractivity contribution < 1.29 is 5.11 Å². The largest absolute Gasteiger partial charge is 0.508 e. The molecule has 3 nitrogen and oxygen atoms in total. The molecule has 0 fully saturated rings. The molecular weight excluding hydrogens is 260 g/mol. The molecule has 1 N–H and O–H groups in total. The number of fused-ring (bicyclic) bond motifs is 1. The summed E-state index contributed by atoms with van der Waals surface area (Å²) in [6, 6.07) is 13.7. The molecule has 0 aliphatic heterocycles. The van der Waals surface area contributed by atoms with Gasteiger partial charge in [-0.15, -0.1) is 0 Å². The van der Waals surface area contributed by atoms with Crippen LogP contribution in [0.5, 0.6) is 5.75 Å². The smallest absolute Gasteiger partial charge is 0.142 e. The van der Waals surface area contributed by atoms with Crippen LogP contribution in [-0.2, 0) is 5.54 Å². The van der Waals surface area contributed by atoms with Gasteiger partial charge in [0, 0.05) is 16.7 Å². The average molecular weight is 280 g/mol. The van der Waals surface area contributed by atoms with Gasteiger partial charge >= 0.3 is 0 Å². The number of rotatable bonds is 1. The molecule has 3 aromatic rings. The van der Waals surface area contributed by atoms with Gasteiger partial charge in [0.05, 0.1) is 11.0 Å². The summed E-state index contributed by atoms with van der Waals surface area (Å²) in [6.45, 7) is 8.44. The van der Waals surface area contributed by atoms with E-state index in [9.17, 15) is 5.11 Å². The van der Waals surface area contributed by atoms with Gasteiger partial charge in [0.15, 0.2) is 0 Å². The summed E-state index contributed by atoms with van der Waals surface area (Å²) in [4.78, 5) is 4.80. The molecule has 0 aliphatic rings. The Bertz CT molecular complexity index is 810. The van der Waals surface area contributed by atoms with Gasteiger partial charge in [-0.25, -0.2) is 4.98 Å². The molecule has 0 spiro atoms. The van der Waals surface area contributed by atoms with Crippen LogP contribution in [0, 0.1) is 6.92 Å². The molecule has 0 saturated carbocycles. The summed E-state index contributed by atoms with van der Waals surface area (Å²) in [5.74, 6) is 1.21. The van der Waals surface area contributed by atoms with E-state index in [0.29, 0.717) is 5.75 Å². The quantitative estimate of drug-likeness (QED) is 0.714. The molecule has 0 unspecified atom stereocenters. The Morgan fingerprint density at radius 3 is 2.43 bits per heavy atom. The second-order valence-electron chi connectivity index (χ2n) is 6.38. The van der Waals surface area contributed by atoms with Gasteiger partial charge < -0.3 is 9.67 Å². The first-order valence-electron chi connectivity index (χ1n) is 7.16. The number of imidazole rings is 1. The van der Waals surface area contributed by atoms with Crippen molar-refractivity contribution in [1.82, 2.24) is 9.55 Å². The molecule has 3 rings (SSSR count). The summed E-state index contributed by atoms with van der Waals surface area (Å²) in [6.07, 6.45) is 0. The van der Waals surface area contributed by atoms with Crippen LogP contribution in [0.25, 0.3) is 22.4 Å². The molecule has 0 radical (unpaired) electrons. The van der Waals surface area contributed by atoms with Gasteiger partial charge in [0.2, 0.25) is 0 Å². The number of aromatic nitrogens is 2. The van der Waals surface area contributed by atoms with Crippen molar-refractivity contribution in [3.63, 3.8) is 0 Å². The van der Waals surface area contributed by atoms with Crippen LogP contribution in [-0.4, -0.2) is 14.7 Å². The lowest BCUT2D eigenvalue weighted by Gasteiger charge is -2.25. The lowest BCUT2D eigenvalue weighted by Crippen LogP contribution is -2.22. The van der Waals surface area contributed by atoms with Crippen LogP contribution in [0.4, 0.5) is 0 Å². The second kappa shape index (κ2) is 4.62. The highest BCUT2D eigenvalue weighted by Crippen LogP contribution is 2.34. The first kappa shape index (κ1) is 13.7. The fraction of sp³-hybridized carbons (Fsp3) is 0.278. The fourth-order valence-electron chi connectivity index (χ4n) is 2.75. The molecule has 0 aliphatic carbocycles. The first-order chi connectivity index (χ1) is 9.89. The Balaban J connectivity index is 2.40. The number of hydrogen-bond donors (Lipinski definition) is 1. The number of nitrogens with zero attached hydrogens (tertiary/aromatic N) is 2. The van der Waals surface area contributed by atoms with Gasteiger partial charge in [-0.1, -0.05) is 24.3 Å². The van der Waals surface area contributed by atoms with Crippen molar-refractivity contribution >= 4 is 11.0 Å². The summed E-state index contributed by atoms with van der Waals surface area (Å²) in [7, 11) is 0. The van der Waals surface area contributed by atoms with Crippen LogP contribution in [0.1, 0.15) is 26.3 Å². The van der Waals surface area contributed by atoms with Crippen molar-refractivity contribution in [2.24, 2.45) is 0 Å². The zero-order chi connectivity index (χ0) is 15.2. The molecule has 108 valence electrons. The first-order valence-corrected chi connectivity index (χ1v) is 7.16. The van der Waals surface area contributed by atoms with E-state index in [1.165, 1.54) is 0 Å². The molecule has 0 saturated heterocycles. The summed E-state index contributed by atoms with van der Waals surface area (Å²) >= 11 is 0. The third kappa shape index (κ3) is 2.19. The maximum atomic E-state index is 9.99. The molecule has 1 heterocycles. The summed E-state index contributed by atoms with van der Waals surface area (Å²) in [5, 5.41) is 9.99. The van der Waals surface area contributed by atoms with E-state index in [-0.39, 0.29) is 5.54 Å². The van der Waals surface area contributed by atoms with E-state index < -0.39 is 0 Å². The number of para-hydroxylation sites is 2. The minimum Gasteiger partial charge on any atom is -0.508 e. The summed E-state index contributed by atoms with van der Waals surface area (Å²) < 4.78 is 2.24. The van der Waals surface area contributed by atoms with Crippen molar-refractivity contribution in [1.29, 1.82) is 0 Å². The Morgan fingerprint density at radius 2 is 1.71 bits per heavy atom. The average Bonchev–Trinajstić information content (AvgIpc) is 2.80. The maximum absolute atomic E-state index is 9.99. The molecule has 0 bridgehead atoms. The lowest BCUT2D eigenvalue weighted by atomic mass is 10.0. The zero-order valence-electron chi connectivity index (χ0n) is 12.9. The third-order valence-electron chi connectivity index (χ3n) is 3.78. The van der Waals surface area contributed by atoms with E-state index in [2.05, 4.69) is 31.4 Å².